The molecule has 0 radical (unpaired) electrons. The average Bonchev–Trinajstić information content (AvgIpc) is 2.59. The number of carbonyl (C=O) groups excluding carboxylic acids is 1. The second kappa shape index (κ2) is 9.13. The van der Waals surface area contributed by atoms with Gasteiger partial charge in [0.25, 0.3) is 5.91 Å². The van der Waals surface area contributed by atoms with Crippen LogP contribution in [-0.2, 0) is 4.79 Å². The van der Waals surface area contributed by atoms with Crippen LogP contribution in [-0.4, -0.2) is 25.2 Å². The molecule has 128 valence electrons. The van der Waals surface area contributed by atoms with Crippen molar-refractivity contribution in [2.45, 2.75) is 19.4 Å². The van der Waals surface area contributed by atoms with Crippen LogP contribution in [0.15, 0.2) is 48.5 Å². The zero-order chi connectivity index (χ0) is 17.4. The van der Waals surface area contributed by atoms with Crippen LogP contribution in [0.2, 0.25) is 5.02 Å². The third kappa shape index (κ3) is 5.13. The molecule has 0 bridgehead atoms. The maximum atomic E-state index is 13.6. The first kappa shape index (κ1) is 18.1. The SMILES string of the molecule is CCC(Oc1ccccc1F)C(=O)NCCOc1ccccc1Cl. The third-order valence-corrected chi connectivity index (χ3v) is 3.58. The summed E-state index contributed by atoms with van der Waals surface area (Å²) in [5.74, 6) is -0.191. The van der Waals surface area contributed by atoms with Crippen molar-refractivity contribution in [1.29, 1.82) is 0 Å². The topological polar surface area (TPSA) is 47.6 Å². The molecular weight excluding hydrogens is 333 g/mol. The second-order valence-electron chi connectivity index (χ2n) is 5.02. The molecular formula is C18H19ClFNO3. The standard InChI is InChI=1S/C18H19ClFNO3/c1-2-15(24-17-10-6-4-8-14(17)20)18(22)21-11-12-23-16-9-5-3-7-13(16)19/h3-10,15H,2,11-12H2,1H3,(H,21,22). The molecule has 6 heteroatoms. The van der Waals surface area contributed by atoms with Crippen LogP contribution in [0.1, 0.15) is 13.3 Å². The maximum absolute atomic E-state index is 13.6. The molecule has 0 aliphatic heterocycles. The summed E-state index contributed by atoms with van der Waals surface area (Å²) in [5, 5.41) is 3.22. The number of carbonyl (C=O) groups is 1. The summed E-state index contributed by atoms with van der Waals surface area (Å²) in [6.45, 7) is 2.36. The number of halogens is 2. The Labute approximate surface area is 145 Å². The van der Waals surface area contributed by atoms with Crippen LogP contribution in [0.3, 0.4) is 0 Å². The molecule has 1 N–H and O–H groups in total. The molecule has 0 aromatic heterocycles. The van der Waals surface area contributed by atoms with Gasteiger partial charge in [0.05, 0.1) is 11.6 Å². The van der Waals surface area contributed by atoms with Crippen molar-refractivity contribution in [1.82, 2.24) is 5.32 Å². The van der Waals surface area contributed by atoms with Gasteiger partial charge in [-0.05, 0) is 30.7 Å². The zero-order valence-electron chi connectivity index (χ0n) is 13.3. The van der Waals surface area contributed by atoms with E-state index in [4.69, 9.17) is 21.1 Å². The van der Waals surface area contributed by atoms with Crippen molar-refractivity contribution < 1.29 is 18.7 Å². The fourth-order valence-corrected chi connectivity index (χ4v) is 2.22. The molecule has 0 saturated heterocycles. The minimum atomic E-state index is -0.762. The highest BCUT2D eigenvalue weighted by molar-refractivity contribution is 6.32. The largest absolute Gasteiger partial charge is 0.490 e. The van der Waals surface area contributed by atoms with Gasteiger partial charge in [0, 0.05) is 0 Å². The summed E-state index contributed by atoms with van der Waals surface area (Å²) >= 11 is 5.98. The minimum absolute atomic E-state index is 0.0619. The van der Waals surface area contributed by atoms with E-state index in [0.717, 1.165) is 0 Å². The van der Waals surface area contributed by atoms with E-state index in [9.17, 15) is 9.18 Å². The zero-order valence-corrected chi connectivity index (χ0v) is 14.1. The quantitative estimate of drug-likeness (QED) is 0.735. The fraction of sp³-hybridized carbons (Fsp3) is 0.278. The first-order valence-electron chi connectivity index (χ1n) is 7.68. The summed E-state index contributed by atoms with van der Waals surface area (Å²) in [5.41, 5.74) is 0. The first-order valence-corrected chi connectivity index (χ1v) is 8.05. The Morgan fingerprint density at radius 2 is 1.83 bits per heavy atom. The van der Waals surface area contributed by atoms with Gasteiger partial charge in [0.2, 0.25) is 0 Å². The summed E-state index contributed by atoms with van der Waals surface area (Å²) in [4.78, 5) is 12.1. The summed E-state index contributed by atoms with van der Waals surface area (Å²) in [7, 11) is 0. The Bertz CT molecular complexity index is 681. The lowest BCUT2D eigenvalue weighted by Gasteiger charge is -2.17. The molecule has 1 amide bonds. The molecule has 0 heterocycles. The van der Waals surface area contributed by atoms with E-state index in [1.165, 1.54) is 12.1 Å². The molecule has 1 atom stereocenters. The Morgan fingerprint density at radius 1 is 1.17 bits per heavy atom. The highest BCUT2D eigenvalue weighted by Crippen LogP contribution is 2.22. The molecule has 24 heavy (non-hydrogen) atoms. The van der Waals surface area contributed by atoms with Gasteiger partial charge in [-0.25, -0.2) is 4.39 Å². The van der Waals surface area contributed by atoms with E-state index in [1.54, 1.807) is 31.2 Å². The molecule has 2 aromatic rings. The number of hydrogen-bond acceptors (Lipinski definition) is 3. The van der Waals surface area contributed by atoms with Crippen molar-refractivity contribution in [2.24, 2.45) is 0 Å². The Morgan fingerprint density at radius 3 is 2.50 bits per heavy atom. The van der Waals surface area contributed by atoms with Gasteiger partial charge in [-0.15, -0.1) is 0 Å². The minimum Gasteiger partial charge on any atom is -0.490 e. The Balaban J connectivity index is 1.80. The molecule has 0 saturated carbocycles. The molecule has 4 nitrogen and oxygen atoms in total. The number of nitrogens with one attached hydrogen (secondary N) is 1. The average molecular weight is 352 g/mol. The normalized spacial score (nSPS) is 11.6. The molecule has 1 unspecified atom stereocenters. The lowest BCUT2D eigenvalue weighted by Crippen LogP contribution is -2.39. The van der Waals surface area contributed by atoms with Gasteiger partial charge in [0.15, 0.2) is 17.7 Å². The Hall–Kier alpha value is -2.27. The van der Waals surface area contributed by atoms with Crippen LogP contribution in [0.25, 0.3) is 0 Å². The van der Waals surface area contributed by atoms with Gasteiger partial charge in [-0.1, -0.05) is 42.8 Å². The smallest absolute Gasteiger partial charge is 0.261 e. The van der Waals surface area contributed by atoms with E-state index in [0.29, 0.717) is 23.7 Å². The van der Waals surface area contributed by atoms with Crippen LogP contribution in [0, 0.1) is 5.82 Å². The number of benzene rings is 2. The molecule has 2 rings (SSSR count). The number of amides is 1. The monoisotopic (exact) mass is 351 g/mol. The predicted molar refractivity (Wildman–Crippen MR) is 91.1 cm³/mol. The van der Waals surface area contributed by atoms with Crippen LogP contribution >= 0.6 is 11.6 Å². The van der Waals surface area contributed by atoms with Crippen molar-refractivity contribution in [2.75, 3.05) is 13.2 Å². The van der Waals surface area contributed by atoms with Crippen molar-refractivity contribution >= 4 is 17.5 Å². The highest BCUT2D eigenvalue weighted by atomic mass is 35.5. The lowest BCUT2D eigenvalue weighted by atomic mass is 10.2. The number of rotatable bonds is 8. The van der Waals surface area contributed by atoms with Gasteiger partial charge >= 0.3 is 0 Å². The van der Waals surface area contributed by atoms with Gasteiger partial charge in [-0.3, -0.25) is 4.79 Å². The van der Waals surface area contributed by atoms with E-state index in [1.807, 2.05) is 12.1 Å². The molecule has 0 fully saturated rings. The molecule has 2 aromatic carbocycles. The van der Waals surface area contributed by atoms with E-state index in [-0.39, 0.29) is 18.3 Å². The van der Waals surface area contributed by atoms with Crippen LogP contribution in [0.5, 0.6) is 11.5 Å². The Kier molecular flexibility index (Phi) is 6.88. The van der Waals surface area contributed by atoms with Gasteiger partial charge in [0.1, 0.15) is 12.4 Å². The van der Waals surface area contributed by atoms with Crippen molar-refractivity contribution in [3.05, 3.63) is 59.4 Å². The highest BCUT2D eigenvalue weighted by Gasteiger charge is 2.19. The third-order valence-electron chi connectivity index (χ3n) is 3.26. The van der Waals surface area contributed by atoms with Crippen LogP contribution < -0.4 is 14.8 Å². The lowest BCUT2D eigenvalue weighted by molar-refractivity contribution is -0.128. The van der Waals surface area contributed by atoms with Crippen molar-refractivity contribution in [3.8, 4) is 11.5 Å². The number of para-hydroxylation sites is 2. The number of ether oxygens (including phenoxy) is 2. The summed E-state index contributed by atoms with van der Waals surface area (Å²) in [6.07, 6.45) is -0.340. The molecule has 0 aliphatic carbocycles. The predicted octanol–water partition coefficient (Wildman–Crippen LogP) is 3.83. The van der Waals surface area contributed by atoms with Crippen molar-refractivity contribution in [3.63, 3.8) is 0 Å². The summed E-state index contributed by atoms with van der Waals surface area (Å²) in [6, 6.07) is 13.1. The second-order valence-corrected chi connectivity index (χ2v) is 5.42. The summed E-state index contributed by atoms with van der Waals surface area (Å²) < 4.78 is 24.5. The van der Waals surface area contributed by atoms with E-state index < -0.39 is 11.9 Å². The molecule has 0 aliphatic rings. The van der Waals surface area contributed by atoms with Gasteiger partial charge in [-0.2, -0.15) is 0 Å². The number of hydrogen-bond donors (Lipinski definition) is 1. The molecule has 0 spiro atoms. The van der Waals surface area contributed by atoms with Gasteiger partial charge < -0.3 is 14.8 Å². The van der Waals surface area contributed by atoms with E-state index >= 15 is 0 Å². The fourth-order valence-electron chi connectivity index (χ4n) is 2.03. The first-order chi connectivity index (χ1) is 11.6. The maximum Gasteiger partial charge on any atom is 0.261 e. The van der Waals surface area contributed by atoms with E-state index in [2.05, 4.69) is 5.32 Å². The van der Waals surface area contributed by atoms with Crippen LogP contribution in [0.4, 0.5) is 4.39 Å².